The van der Waals surface area contributed by atoms with Crippen LogP contribution in [-0.2, 0) is 5.41 Å². The van der Waals surface area contributed by atoms with Crippen LogP contribution in [0.5, 0.6) is 0 Å². The minimum atomic E-state index is -0.453. The van der Waals surface area contributed by atoms with Crippen LogP contribution < -0.4 is 0 Å². The van der Waals surface area contributed by atoms with Gasteiger partial charge in [-0.25, -0.2) is 15.0 Å². The number of benzene rings is 8. The molecule has 3 nitrogen and oxygen atoms in total. The van der Waals surface area contributed by atoms with Crippen molar-refractivity contribution in [2.24, 2.45) is 0 Å². The van der Waals surface area contributed by atoms with Crippen molar-refractivity contribution in [1.82, 2.24) is 15.0 Å². The lowest BCUT2D eigenvalue weighted by atomic mass is 9.70. The van der Waals surface area contributed by atoms with E-state index in [1.807, 2.05) is 18.2 Å². The van der Waals surface area contributed by atoms with Crippen LogP contribution >= 0.6 is 11.3 Å². The third-order valence-electron chi connectivity index (χ3n) is 11.3. The van der Waals surface area contributed by atoms with Crippen LogP contribution in [-0.4, -0.2) is 15.0 Å². The number of thiophene rings is 1. The predicted octanol–water partition coefficient (Wildman–Crippen LogP) is 12.2. The normalized spacial score (nSPS) is 13.5. The number of nitrogens with zero attached hydrogens (tertiary/aromatic N) is 3. The molecule has 0 N–H and O–H groups in total. The first-order chi connectivity index (χ1) is 25.8. The highest BCUT2D eigenvalue weighted by atomic mass is 32.1. The van der Waals surface area contributed by atoms with Crippen LogP contribution in [0, 0.1) is 0 Å². The van der Waals surface area contributed by atoms with Gasteiger partial charge in [-0.05, 0) is 67.1 Å². The molecule has 0 fully saturated rings. The van der Waals surface area contributed by atoms with Crippen molar-refractivity contribution in [3.8, 4) is 45.3 Å². The Bertz CT molecular complexity index is 3080. The molecule has 2 heterocycles. The lowest BCUT2D eigenvalue weighted by Gasteiger charge is -2.31. The van der Waals surface area contributed by atoms with Crippen LogP contribution in [0.3, 0.4) is 0 Å². The third-order valence-corrected chi connectivity index (χ3v) is 12.5. The number of fused-ring (bicyclic) bond motifs is 10. The van der Waals surface area contributed by atoms with Gasteiger partial charge in [0, 0.05) is 36.9 Å². The fourth-order valence-corrected chi connectivity index (χ4v) is 10.5. The van der Waals surface area contributed by atoms with E-state index >= 15 is 0 Å². The molecule has 0 unspecified atom stereocenters. The zero-order valence-electron chi connectivity index (χ0n) is 27.8. The second-order valence-corrected chi connectivity index (χ2v) is 14.9. The van der Waals surface area contributed by atoms with Gasteiger partial charge in [0.1, 0.15) is 0 Å². The van der Waals surface area contributed by atoms with E-state index < -0.39 is 5.41 Å². The number of rotatable bonds is 3. The molecule has 0 amide bonds. The van der Waals surface area contributed by atoms with Crippen molar-refractivity contribution in [3.05, 3.63) is 186 Å². The van der Waals surface area contributed by atoms with Gasteiger partial charge in [-0.2, -0.15) is 0 Å². The van der Waals surface area contributed by atoms with E-state index in [4.69, 9.17) is 15.0 Å². The molecule has 0 radical (unpaired) electrons. The molecule has 4 heteroatoms. The van der Waals surface area contributed by atoms with Crippen molar-refractivity contribution in [2.75, 3.05) is 0 Å². The highest BCUT2D eigenvalue weighted by Crippen LogP contribution is 2.63. The van der Waals surface area contributed by atoms with E-state index in [2.05, 4.69) is 146 Å². The SMILES string of the molecule is c1ccc(-c2nc(-c3cccc4c3-c3ccccc3C43c4cccc5ccc6cccc3c6c45)nc(-c3cccc4c3sc3ccccc34)n2)cc1. The average molecular weight is 678 g/mol. The molecule has 240 valence electrons. The summed E-state index contributed by atoms with van der Waals surface area (Å²) in [5.74, 6) is 2.03. The maximum atomic E-state index is 5.39. The van der Waals surface area contributed by atoms with Gasteiger partial charge in [0.25, 0.3) is 0 Å². The molecule has 12 rings (SSSR count). The fourth-order valence-electron chi connectivity index (χ4n) is 9.28. The molecule has 2 aromatic heterocycles. The highest BCUT2D eigenvalue weighted by Gasteiger charge is 2.51. The molecule has 1 spiro atoms. The van der Waals surface area contributed by atoms with Gasteiger partial charge >= 0.3 is 0 Å². The molecule has 0 aliphatic heterocycles. The van der Waals surface area contributed by atoms with Gasteiger partial charge in [0.2, 0.25) is 0 Å². The zero-order chi connectivity index (χ0) is 34.0. The van der Waals surface area contributed by atoms with Gasteiger partial charge in [0.15, 0.2) is 17.5 Å². The summed E-state index contributed by atoms with van der Waals surface area (Å²) in [4.78, 5) is 15.9. The van der Waals surface area contributed by atoms with Crippen LogP contribution in [0.1, 0.15) is 22.3 Å². The van der Waals surface area contributed by atoms with Crippen molar-refractivity contribution in [2.45, 2.75) is 5.41 Å². The van der Waals surface area contributed by atoms with Gasteiger partial charge in [-0.1, -0.05) is 152 Å². The molecule has 2 aliphatic rings. The first kappa shape index (κ1) is 28.2. The Labute approximate surface area is 303 Å². The standard InChI is InChI=1S/C48H27N3S/c1-2-12-30(13-3-1)45-49-46(51-47(50-45)35-20-10-18-32-31-16-5-7-25-40(31)52-44(32)35)34-19-11-24-39-43(34)33-17-4-6-21-36(33)48(39)37-22-8-14-28-26-27-29-15-9-23-38(48)42(29)41(28)37/h1-27H. The first-order valence-corrected chi connectivity index (χ1v) is 18.5. The molecule has 0 bridgehead atoms. The molecule has 0 atom stereocenters. The van der Waals surface area contributed by atoms with Crippen LogP contribution in [0.4, 0.5) is 0 Å². The van der Waals surface area contributed by atoms with E-state index in [1.54, 1.807) is 11.3 Å². The predicted molar refractivity (Wildman–Crippen MR) is 215 cm³/mol. The second kappa shape index (κ2) is 10.3. The Kier molecular flexibility index (Phi) is 5.58. The number of hydrogen-bond donors (Lipinski definition) is 0. The largest absolute Gasteiger partial charge is 0.208 e. The smallest absolute Gasteiger partial charge is 0.165 e. The highest BCUT2D eigenvalue weighted by molar-refractivity contribution is 7.26. The summed E-state index contributed by atoms with van der Waals surface area (Å²) in [5, 5.41) is 7.75. The summed E-state index contributed by atoms with van der Waals surface area (Å²) in [6.45, 7) is 0. The Balaban J connectivity index is 1.17. The van der Waals surface area contributed by atoms with Gasteiger partial charge in [0.05, 0.1) is 5.41 Å². The fraction of sp³-hybridized carbons (Fsp3) is 0.0208. The second-order valence-electron chi connectivity index (χ2n) is 13.8. The minimum Gasteiger partial charge on any atom is -0.208 e. The molecular weight excluding hydrogens is 651 g/mol. The topological polar surface area (TPSA) is 38.7 Å². The Morgan fingerprint density at radius 1 is 0.385 bits per heavy atom. The summed E-state index contributed by atoms with van der Waals surface area (Å²) in [7, 11) is 0. The zero-order valence-corrected chi connectivity index (χ0v) is 28.7. The molecule has 2 aliphatic carbocycles. The molecular formula is C48H27N3S. The summed E-state index contributed by atoms with van der Waals surface area (Å²) < 4.78 is 2.44. The lowest BCUT2D eigenvalue weighted by molar-refractivity contribution is 0.797. The van der Waals surface area contributed by atoms with E-state index in [-0.39, 0.29) is 0 Å². The molecule has 52 heavy (non-hydrogen) atoms. The molecule has 10 aromatic rings. The first-order valence-electron chi connectivity index (χ1n) is 17.7. The number of hydrogen-bond acceptors (Lipinski definition) is 4. The van der Waals surface area contributed by atoms with Crippen LogP contribution in [0.2, 0.25) is 0 Å². The maximum Gasteiger partial charge on any atom is 0.165 e. The lowest BCUT2D eigenvalue weighted by Crippen LogP contribution is -2.26. The Morgan fingerprint density at radius 2 is 0.942 bits per heavy atom. The Morgan fingerprint density at radius 3 is 1.75 bits per heavy atom. The molecule has 0 saturated heterocycles. The van der Waals surface area contributed by atoms with E-state index in [1.165, 1.54) is 75.1 Å². The maximum absolute atomic E-state index is 5.39. The third kappa shape index (κ3) is 3.57. The van der Waals surface area contributed by atoms with Crippen LogP contribution in [0.15, 0.2) is 164 Å². The molecule has 8 aromatic carbocycles. The van der Waals surface area contributed by atoms with Crippen molar-refractivity contribution < 1.29 is 0 Å². The monoisotopic (exact) mass is 677 g/mol. The van der Waals surface area contributed by atoms with Crippen molar-refractivity contribution in [1.29, 1.82) is 0 Å². The Hall–Kier alpha value is -6.49. The van der Waals surface area contributed by atoms with Gasteiger partial charge in [-0.3, -0.25) is 0 Å². The van der Waals surface area contributed by atoms with Gasteiger partial charge < -0.3 is 0 Å². The van der Waals surface area contributed by atoms with Crippen LogP contribution in [0.25, 0.3) is 87.0 Å². The minimum absolute atomic E-state index is 0.453. The van der Waals surface area contributed by atoms with E-state index in [0.717, 1.165) is 16.7 Å². The van der Waals surface area contributed by atoms with Crippen molar-refractivity contribution >= 4 is 53.1 Å². The van der Waals surface area contributed by atoms with E-state index in [0.29, 0.717) is 17.5 Å². The molecule has 0 saturated carbocycles. The van der Waals surface area contributed by atoms with Crippen molar-refractivity contribution in [3.63, 3.8) is 0 Å². The summed E-state index contributed by atoms with van der Waals surface area (Å²) in [6, 6.07) is 59.3. The number of aromatic nitrogens is 3. The quantitative estimate of drug-likeness (QED) is 0.175. The van der Waals surface area contributed by atoms with E-state index in [9.17, 15) is 0 Å². The van der Waals surface area contributed by atoms with Gasteiger partial charge in [-0.15, -0.1) is 11.3 Å². The summed E-state index contributed by atoms with van der Waals surface area (Å²) >= 11 is 1.80. The average Bonchev–Trinajstić information content (AvgIpc) is 3.85. The summed E-state index contributed by atoms with van der Waals surface area (Å²) in [5.41, 5.74) is 10.2. The summed E-state index contributed by atoms with van der Waals surface area (Å²) in [6.07, 6.45) is 0.